The largest absolute Gasteiger partial charge is 0.484 e. The Balaban J connectivity index is 1.81. The van der Waals surface area contributed by atoms with E-state index in [1.54, 1.807) is 24.4 Å². The lowest BCUT2D eigenvalue weighted by Crippen LogP contribution is -2.20. The van der Waals surface area contributed by atoms with Crippen LogP contribution in [-0.4, -0.2) is 22.7 Å². The fourth-order valence-electron chi connectivity index (χ4n) is 1.38. The first-order valence-corrected chi connectivity index (χ1v) is 5.49. The van der Waals surface area contributed by atoms with Crippen LogP contribution in [0.5, 0.6) is 5.75 Å². The van der Waals surface area contributed by atoms with E-state index < -0.39 is 0 Å². The van der Waals surface area contributed by atoms with Gasteiger partial charge in [-0.15, -0.1) is 0 Å². The molecule has 0 aliphatic rings. The van der Waals surface area contributed by atoms with Gasteiger partial charge in [0, 0.05) is 12.6 Å². The zero-order valence-electron chi connectivity index (χ0n) is 9.72. The minimum absolute atomic E-state index is 0.0546. The van der Waals surface area contributed by atoms with E-state index in [4.69, 9.17) is 10.5 Å². The van der Waals surface area contributed by atoms with Gasteiger partial charge in [-0.1, -0.05) is 12.1 Å². The van der Waals surface area contributed by atoms with Crippen LogP contribution in [0, 0.1) is 0 Å². The van der Waals surface area contributed by atoms with Gasteiger partial charge in [-0.25, -0.2) is 0 Å². The number of amides is 1. The van der Waals surface area contributed by atoms with Gasteiger partial charge in [0.25, 0.3) is 5.91 Å². The third kappa shape index (κ3) is 3.33. The molecule has 0 fully saturated rings. The summed E-state index contributed by atoms with van der Waals surface area (Å²) in [6.07, 6.45) is 1.56. The average Bonchev–Trinajstić information content (AvgIpc) is 2.90. The Bertz CT molecular complexity index is 493. The van der Waals surface area contributed by atoms with E-state index >= 15 is 0 Å². The van der Waals surface area contributed by atoms with E-state index in [1.165, 1.54) is 0 Å². The maximum atomic E-state index is 11.5. The lowest BCUT2D eigenvalue weighted by atomic mass is 10.2. The van der Waals surface area contributed by atoms with Crippen LogP contribution < -0.4 is 15.8 Å². The van der Waals surface area contributed by atoms with Crippen molar-refractivity contribution in [2.45, 2.75) is 6.54 Å². The van der Waals surface area contributed by atoms with Crippen LogP contribution >= 0.6 is 0 Å². The molecular weight excluding hydrogens is 232 g/mol. The van der Waals surface area contributed by atoms with Crippen molar-refractivity contribution >= 4 is 11.7 Å². The predicted octanol–water partition coefficient (Wildman–Crippen LogP) is 0.886. The molecular formula is C12H14N4O2. The summed E-state index contributed by atoms with van der Waals surface area (Å²) in [7, 11) is 0. The van der Waals surface area contributed by atoms with Gasteiger partial charge in [0.15, 0.2) is 6.61 Å². The third-order valence-electron chi connectivity index (χ3n) is 2.30. The summed E-state index contributed by atoms with van der Waals surface area (Å²) in [5, 5.41) is 8.96. The Morgan fingerprint density at radius 2 is 2.11 bits per heavy atom. The molecule has 0 atom stereocenters. The Labute approximate surface area is 104 Å². The van der Waals surface area contributed by atoms with Crippen molar-refractivity contribution in [1.82, 2.24) is 10.2 Å². The molecule has 1 aromatic carbocycles. The van der Waals surface area contributed by atoms with E-state index in [-0.39, 0.29) is 12.5 Å². The first-order valence-electron chi connectivity index (χ1n) is 5.49. The smallest absolute Gasteiger partial charge is 0.263 e. The van der Waals surface area contributed by atoms with Crippen LogP contribution in [0.1, 0.15) is 5.56 Å². The van der Waals surface area contributed by atoms with E-state index in [1.807, 2.05) is 12.1 Å². The number of aromatic nitrogens is 2. The molecule has 0 saturated heterocycles. The van der Waals surface area contributed by atoms with Crippen LogP contribution in [0.25, 0.3) is 0 Å². The molecule has 6 nitrogen and oxygen atoms in total. The number of nitrogens with one attached hydrogen (secondary N) is 2. The van der Waals surface area contributed by atoms with E-state index in [0.29, 0.717) is 18.1 Å². The van der Waals surface area contributed by atoms with E-state index in [0.717, 1.165) is 5.56 Å². The van der Waals surface area contributed by atoms with Crippen LogP contribution in [-0.2, 0) is 11.3 Å². The number of carbonyl (C=O) groups excluding carboxylic acids is 1. The van der Waals surface area contributed by atoms with E-state index in [2.05, 4.69) is 15.5 Å². The number of ether oxygens (including phenoxy) is 1. The number of aromatic amines is 1. The molecule has 0 aliphatic carbocycles. The van der Waals surface area contributed by atoms with Gasteiger partial charge < -0.3 is 15.8 Å². The Kier molecular flexibility index (Phi) is 3.93. The van der Waals surface area contributed by atoms with Crippen LogP contribution in [0.4, 0.5) is 5.82 Å². The summed E-state index contributed by atoms with van der Waals surface area (Å²) in [6.45, 7) is 0.432. The van der Waals surface area contributed by atoms with Gasteiger partial charge in [0.1, 0.15) is 11.6 Å². The van der Waals surface area contributed by atoms with Crippen molar-refractivity contribution in [3.05, 3.63) is 42.1 Å². The van der Waals surface area contributed by atoms with Gasteiger partial charge in [0.05, 0.1) is 6.20 Å². The number of rotatable bonds is 5. The van der Waals surface area contributed by atoms with Gasteiger partial charge in [-0.05, 0) is 17.7 Å². The fourth-order valence-corrected chi connectivity index (χ4v) is 1.38. The molecule has 18 heavy (non-hydrogen) atoms. The number of hydrogen-bond donors (Lipinski definition) is 3. The van der Waals surface area contributed by atoms with Crippen LogP contribution in [0.3, 0.4) is 0 Å². The Hall–Kier alpha value is -2.34. The highest BCUT2D eigenvalue weighted by molar-refractivity contribution is 5.90. The van der Waals surface area contributed by atoms with Gasteiger partial charge in [-0.3, -0.25) is 9.89 Å². The molecule has 6 heteroatoms. The average molecular weight is 246 g/mol. The van der Waals surface area contributed by atoms with E-state index in [9.17, 15) is 4.79 Å². The monoisotopic (exact) mass is 246 g/mol. The van der Waals surface area contributed by atoms with Crippen LogP contribution in [0.2, 0.25) is 0 Å². The summed E-state index contributed by atoms with van der Waals surface area (Å²) in [6, 6.07) is 8.95. The van der Waals surface area contributed by atoms with Crippen molar-refractivity contribution < 1.29 is 9.53 Å². The molecule has 0 aliphatic heterocycles. The number of carbonyl (C=O) groups is 1. The second-order valence-corrected chi connectivity index (χ2v) is 3.66. The van der Waals surface area contributed by atoms with Crippen molar-refractivity contribution in [3.63, 3.8) is 0 Å². The Morgan fingerprint density at radius 1 is 1.33 bits per heavy atom. The van der Waals surface area contributed by atoms with Gasteiger partial charge in [0.2, 0.25) is 0 Å². The highest BCUT2D eigenvalue weighted by Gasteiger charge is 2.04. The molecule has 4 N–H and O–H groups in total. The summed E-state index contributed by atoms with van der Waals surface area (Å²) in [4.78, 5) is 11.5. The molecule has 0 radical (unpaired) electrons. The fraction of sp³-hybridized carbons (Fsp3) is 0.167. The topological polar surface area (TPSA) is 93.0 Å². The maximum Gasteiger partial charge on any atom is 0.263 e. The number of nitrogens with two attached hydrogens (primary N) is 1. The SMILES string of the molecule is NCc1ccc(OCC(=O)Nc2ccn[nH]2)cc1. The van der Waals surface area contributed by atoms with Crippen LogP contribution in [0.15, 0.2) is 36.5 Å². The van der Waals surface area contributed by atoms with Gasteiger partial charge >= 0.3 is 0 Å². The molecule has 2 rings (SSSR count). The first kappa shape index (κ1) is 12.1. The quantitative estimate of drug-likeness (QED) is 0.730. The summed E-state index contributed by atoms with van der Waals surface area (Å²) < 4.78 is 5.33. The van der Waals surface area contributed by atoms with Crippen molar-refractivity contribution in [2.24, 2.45) is 5.73 Å². The molecule has 1 amide bonds. The molecule has 0 saturated carbocycles. The minimum atomic E-state index is -0.248. The van der Waals surface area contributed by atoms with Crippen molar-refractivity contribution in [3.8, 4) is 5.75 Å². The number of hydrogen-bond acceptors (Lipinski definition) is 4. The molecule has 94 valence electrons. The lowest BCUT2D eigenvalue weighted by Gasteiger charge is -2.06. The number of H-pyrrole nitrogens is 1. The Morgan fingerprint density at radius 3 is 2.72 bits per heavy atom. The second-order valence-electron chi connectivity index (χ2n) is 3.66. The molecule has 0 spiro atoms. The lowest BCUT2D eigenvalue weighted by molar-refractivity contribution is -0.118. The van der Waals surface area contributed by atoms with Crippen molar-refractivity contribution in [1.29, 1.82) is 0 Å². The molecule has 1 heterocycles. The predicted molar refractivity (Wildman–Crippen MR) is 67.0 cm³/mol. The second kappa shape index (κ2) is 5.83. The number of benzene rings is 1. The standard InChI is InChI=1S/C12H14N4O2/c13-7-9-1-3-10(4-2-9)18-8-12(17)15-11-5-6-14-16-11/h1-6H,7-8,13H2,(H2,14,15,16,17). The molecule has 0 unspecified atom stereocenters. The third-order valence-corrected chi connectivity index (χ3v) is 2.30. The zero-order chi connectivity index (χ0) is 12.8. The molecule has 1 aromatic heterocycles. The first-order chi connectivity index (χ1) is 8.78. The highest BCUT2D eigenvalue weighted by atomic mass is 16.5. The molecule has 0 bridgehead atoms. The molecule has 2 aromatic rings. The van der Waals surface area contributed by atoms with Gasteiger partial charge in [-0.2, -0.15) is 5.10 Å². The summed E-state index contributed by atoms with van der Waals surface area (Å²) >= 11 is 0. The maximum absolute atomic E-state index is 11.5. The highest BCUT2D eigenvalue weighted by Crippen LogP contribution is 2.11. The number of nitrogens with zero attached hydrogens (tertiary/aromatic N) is 1. The number of anilines is 1. The normalized spacial score (nSPS) is 10.1. The minimum Gasteiger partial charge on any atom is -0.484 e. The zero-order valence-corrected chi connectivity index (χ0v) is 9.72. The summed E-state index contributed by atoms with van der Waals surface area (Å²) in [5.41, 5.74) is 6.50. The summed E-state index contributed by atoms with van der Waals surface area (Å²) in [5.74, 6) is 0.927. The van der Waals surface area contributed by atoms with Crippen molar-refractivity contribution in [2.75, 3.05) is 11.9 Å².